The number of aromatic nitrogens is 2. The minimum Gasteiger partial charge on any atom is -0.372 e. The quantitative estimate of drug-likeness (QED) is 0.871. The lowest BCUT2D eigenvalue weighted by Crippen LogP contribution is -2.33. The number of nitrogens with two attached hydrogens (primary N) is 1. The summed E-state index contributed by atoms with van der Waals surface area (Å²) in [6.45, 7) is 2.43. The number of rotatable bonds is 4. The summed E-state index contributed by atoms with van der Waals surface area (Å²) >= 11 is 0. The lowest BCUT2D eigenvalue weighted by molar-refractivity contribution is 0.0101. The molecule has 0 fully saturated rings. The zero-order valence-corrected chi connectivity index (χ0v) is 10.1. The predicted molar refractivity (Wildman–Crippen MR) is 67.0 cm³/mol. The van der Waals surface area contributed by atoms with Gasteiger partial charge in [-0.25, -0.2) is 4.68 Å². The van der Waals surface area contributed by atoms with Crippen LogP contribution in [0.15, 0.2) is 42.7 Å². The molecule has 0 aliphatic rings. The highest BCUT2D eigenvalue weighted by atomic mass is 16.5. The van der Waals surface area contributed by atoms with E-state index in [0.29, 0.717) is 6.54 Å². The van der Waals surface area contributed by atoms with Crippen LogP contribution in [-0.2, 0) is 10.3 Å². The van der Waals surface area contributed by atoms with Crippen molar-refractivity contribution in [1.29, 1.82) is 0 Å². The van der Waals surface area contributed by atoms with Crippen molar-refractivity contribution in [1.82, 2.24) is 9.78 Å². The van der Waals surface area contributed by atoms with E-state index in [0.717, 1.165) is 11.3 Å². The first-order valence-corrected chi connectivity index (χ1v) is 5.55. The first kappa shape index (κ1) is 11.8. The van der Waals surface area contributed by atoms with Gasteiger partial charge in [0.2, 0.25) is 0 Å². The lowest BCUT2D eigenvalue weighted by Gasteiger charge is -2.27. The van der Waals surface area contributed by atoms with Crippen LogP contribution in [0.5, 0.6) is 0 Å². The average molecular weight is 231 g/mol. The van der Waals surface area contributed by atoms with Gasteiger partial charge in [0, 0.05) is 26.0 Å². The van der Waals surface area contributed by atoms with Crippen LogP contribution in [0.4, 0.5) is 0 Å². The van der Waals surface area contributed by atoms with Crippen molar-refractivity contribution in [2.24, 2.45) is 5.73 Å². The number of hydrogen-bond acceptors (Lipinski definition) is 3. The highest BCUT2D eigenvalue weighted by Crippen LogP contribution is 2.24. The van der Waals surface area contributed by atoms with Crippen LogP contribution >= 0.6 is 0 Å². The summed E-state index contributed by atoms with van der Waals surface area (Å²) in [5, 5.41) is 4.18. The molecular weight excluding hydrogens is 214 g/mol. The van der Waals surface area contributed by atoms with Crippen molar-refractivity contribution < 1.29 is 4.74 Å². The van der Waals surface area contributed by atoms with Crippen molar-refractivity contribution in [3.8, 4) is 5.69 Å². The van der Waals surface area contributed by atoms with Crippen LogP contribution in [0.1, 0.15) is 12.5 Å². The van der Waals surface area contributed by atoms with Gasteiger partial charge in [-0.3, -0.25) is 0 Å². The van der Waals surface area contributed by atoms with E-state index in [9.17, 15) is 0 Å². The molecule has 0 bridgehead atoms. The third-order valence-corrected chi connectivity index (χ3v) is 3.09. The van der Waals surface area contributed by atoms with Crippen molar-refractivity contribution in [2.75, 3.05) is 13.7 Å². The molecular formula is C13H17N3O. The number of ether oxygens (including phenoxy) is 1. The molecule has 0 aliphatic carbocycles. The first-order valence-electron chi connectivity index (χ1n) is 5.55. The minimum atomic E-state index is -0.428. The average Bonchev–Trinajstić information content (AvgIpc) is 2.92. The molecule has 1 aromatic heterocycles. The zero-order chi connectivity index (χ0) is 12.3. The second-order valence-corrected chi connectivity index (χ2v) is 4.14. The third-order valence-electron chi connectivity index (χ3n) is 3.09. The Hall–Kier alpha value is -1.65. The Kier molecular flexibility index (Phi) is 3.26. The molecule has 0 saturated carbocycles. The van der Waals surface area contributed by atoms with Crippen molar-refractivity contribution in [3.63, 3.8) is 0 Å². The summed E-state index contributed by atoms with van der Waals surface area (Å²) in [6.07, 6.45) is 3.67. The van der Waals surface area contributed by atoms with Gasteiger partial charge in [0.05, 0.1) is 5.69 Å². The number of methoxy groups -OCH3 is 1. The van der Waals surface area contributed by atoms with E-state index >= 15 is 0 Å². The third kappa shape index (κ3) is 2.23. The molecule has 2 N–H and O–H groups in total. The standard InChI is InChI=1S/C13H17N3O/c1-13(10-14,17-2)11-4-6-12(7-5-11)16-9-3-8-15-16/h3-9H,10,14H2,1-2H3. The minimum absolute atomic E-state index is 0.428. The van der Waals surface area contributed by atoms with Crippen molar-refractivity contribution in [3.05, 3.63) is 48.3 Å². The molecule has 0 saturated heterocycles. The fraction of sp³-hybridized carbons (Fsp3) is 0.308. The molecule has 0 spiro atoms. The summed E-state index contributed by atoms with van der Waals surface area (Å²) in [6, 6.07) is 9.96. The Morgan fingerprint density at radius 2 is 2.06 bits per heavy atom. The van der Waals surface area contributed by atoms with Gasteiger partial charge in [-0.15, -0.1) is 0 Å². The number of hydrogen-bond donors (Lipinski definition) is 1. The second kappa shape index (κ2) is 4.69. The second-order valence-electron chi connectivity index (χ2n) is 4.14. The van der Waals surface area contributed by atoms with E-state index in [-0.39, 0.29) is 0 Å². The van der Waals surface area contributed by atoms with Gasteiger partial charge in [-0.1, -0.05) is 12.1 Å². The maximum atomic E-state index is 5.74. The molecule has 0 aliphatic heterocycles. The van der Waals surface area contributed by atoms with Crippen molar-refractivity contribution in [2.45, 2.75) is 12.5 Å². The Morgan fingerprint density at radius 3 is 2.53 bits per heavy atom. The number of benzene rings is 1. The molecule has 1 heterocycles. The van der Waals surface area contributed by atoms with Gasteiger partial charge in [0.1, 0.15) is 5.60 Å². The Labute approximate surface area is 101 Å². The maximum Gasteiger partial charge on any atom is 0.102 e. The smallest absolute Gasteiger partial charge is 0.102 e. The largest absolute Gasteiger partial charge is 0.372 e. The van der Waals surface area contributed by atoms with Gasteiger partial charge in [0.25, 0.3) is 0 Å². The molecule has 1 unspecified atom stereocenters. The van der Waals surface area contributed by atoms with Gasteiger partial charge < -0.3 is 10.5 Å². The monoisotopic (exact) mass is 231 g/mol. The van der Waals surface area contributed by atoms with Crippen LogP contribution in [-0.4, -0.2) is 23.4 Å². The van der Waals surface area contributed by atoms with Gasteiger partial charge in [0.15, 0.2) is 0 Å². The maximum absolute atomic E-state index is 5.74. The van der Waals surface area contributed by atoms with Crippen LogP contribution in [0.25, 0.3) is 5.69 Å². The van der Waals surface area contributed by atoms with Crippen LogP contribution < -0.4 is 5.73 Å². The van der Waals surface area contributed by atoms with E-state index in [4.69, 9.17) is 10.5 Å². The van der Waals surface area contributed by atoms with Crippen LogP contribution in [0, 0.1) is 0 Å². The fourth-order valence-electron chi connectivity index (χ4n) is 1.71. The summed E-state index contributed by atoms with van der Waals surface area (Å²) in [4.78, 5) is 0. The van der Waals surface area contributed by atoms with Gasteiger partial charge in [-0.05, 0) is 30.7 Å². The van der Waals surface area contributed by atoms with Gasteiger partial charge >= 0.3 is 0 Å². The molecule has 2 aromatic rings. The van der Waals surface area contributed by atoms with E-state index < -0.39 is 5.60 Å². The molecule has 90 valence electrons. The molecule has 1 atom stereocenters. The summed E-state index contributed by atoms with van der Waals surface area (Å²) < 4.78 is 7.27. The fourth-order valence-corrected chi connectivity index (χ4v) is 1.71. The Morgan fingerprint density at radius 1 is 1.35 bits per heavy atom. The Bertz CT molecular complexity index is 458. The van der Waals surface area contributed by atoms with Crippen LogP contribution in [0.3, 0.4) is 0 Å². The Balaban J connectivity index is 2.30. The van der Waals surface area contributed by atoms with Crippen molar-refractivity contribution >= 4 is 0 Å². The first-order chi connectivity index (χ1) is 8.19. The highest BCUT2D eigenvalue weighted by Gasteiger charge is 2.23. The number of nitrogens with zero attached hydrogens (tertiary/aromatic N) is 2. The van der Waals surface area contributed by atoms with E-state index in [2.05, 4.69) is 5.10 Å². The predicted octanol–water partition coefficient (Wildman–Crippen LogP) is 1.69. The molecule has 1 aromatic carbocycles. The van der Waals surface area contributed by atoms with Crippen LogP contribution in [0.2, 0.25) is 0 Å². The molecule has 0 amide bonds. The summed E-state index contributed by atoms with van der Waals surface area (Å²) in [5.74, 6) is 0. The summed E-state index contributed by atoms with van der Waals surface area (Å²) in [5.41, 5.74) is 7.40. The van der Waals surface area contributed by atoms with Gasteiger partial charge in [-0.2, -0.15) is 5.10 Å². The molecule has 17 heavy (non-hydrogen) atoms. The molecule has 4 nitrogen and oxygen atoms in total. The van der Waals surface area contributed by atoms with E-state index in [1.807, 2.05) is 48.1 Å². The SMILES string of the molecule is COC(C)(CN)c1ccc(-n2cccn2)cc1. The molecule has 4 heteroatoms. The zero-order valence-electron chi connectivity index (χ0n) is 10.1. The normalized spacial score (nSPS) is 14.5. The van der Waals surface area contributed by atoms with E-state index in [1.165, 1.54) is 0 Å². The highest BCUT2D eigenvalue weighted by molar-refractivity contribution is 5.36. The lowest BCUT2D eigenvalue weighted by atomic mass is 9.96. The summed E-state index contributed by atoms with van der Waals surface area (Å²) in [7, 11) is 1.67. The van der Waals surface area contributed by atoms with E-state index in [1.54, 1.807) is 13.3 Å². The molecule has 0 radical (unpaired) electrons. The topological polar surface area (TPSA) is 53.1 Å². The molecule has 2 rings (SSSR count).